The smallest absolute Gasteiger partial charge is 0.308 e. The zero-order valence-electron chi connectivity index (χ0n) is 13.6. The summed E-state index contributed by atoms with van der Waals surface area (Å²) in [7, 11) is 0. The number of carboxylic acids is 1. The van der Waals surface area contributed by atoms with E-state index >= 15 is 0 Å². The predicted octanol–water partition coefficient (Wildman–Crippen LogP) is 0.924. The summed E-state index contributed by atoms with van der Waals surface area (Å²) in [5, 5.41) is 13.7. The molecule has 1 amide bonds. The molecule has 0 aromatic carbocycles. The highest BCUT2D eigenvalue weighted by Crippen LogP contribution is 2.44. The van der Waals surface area contributed by atoms with E-state index in [0.29, 0.717) is 18.2 Å². The third-order valence-corrected chi connectivity index (χ3v) is 5.01. The highest BCUT2D eigenvalue weighted by atomic mass is 16.4. The summed E-state index contributed by atoms with van der Waals surface area (Å²) in [6, 6.07) is 1.87. The molecule has 2 aromatic heterocycles. The van der Waals surface area contributed by atoms with Crippen LogP contribution >= 0.6 is 0 Å². The molecule has 1 aliphatic heterocycles. The monoisotopic (exact) mass is 329 g/mol. The SMILES string of the molecule is Cc1cc(C)n2nc(C(=O)N3C[C@H](C(=O)O)[C@@H](C4CC4)C3)nc2n1. The molecule has 4 rings (SSSR count). The van der Waals surface area contributed by atoms with Gasteiger partial charge in [-0.3, -0.25) is 9.59 Å². The molecular weight excluding hydrogens is 310 g/mol. The van der Waals surface area contributed by atoms with Crippen LogP contribution in [-0.2, 0) is 4.79 Å². The van der Waals surface area contributed by atoms with Gasteiger partial charge in [-0.15, -0.1) is 5.10 Å². The second kappa shape index (κ2) is 5.25. The van der Waals surface area contributed by atoms with Crippen LogP contribution in [0.1, 0.15) is 34.8 Å². The highest BCUT2D eigenvalue weighted by Gasteiger charge is 2.47. The van der Waals surface area contributed by atoms with Crippen molar-refractivity contribution in [1.29, 1.82) is 0 Å². The Morgan fingerprint density at radius 1 is 1.21 bits per heavy atom. The van der Waals surface area contributed by atoms with Crippen molar-refractivity contribution in [1.82, 2.24) is 24.5 Å². The van der Waals surface area contributed by atoms with Crippen LogP contribution in [0.15, 0.2) is 6.07 Å². The van der Waals surface area contributed by atoms with E-state index in [1.54, 1.807) is 9.42 Å². The minimum Gasteiger partial charge on any atom is -0.481 e. The Kier molecular flexibility index (Phi) is 3.29. The lowest BCUT2D eigenvalue weighted by molar-refractivity contribution is -0.142. The molecule has 126 valence electrons. The molecule has 1 N–H and O–H groups in total. The standard InChI is InChI=1S/C16H19N5O3/c1-8-5-9(2)21-16(17-8)18-13(19-21)14(22)20-6-11(10-3-4-10)12(7-20)15(23)24/h5,10-12H,3-4,6-7H2,1-2H3,(H,23,24)/t11-,12+/m1/s1. The maximum Gasteiger partial charge on any atom is 0.308 e. The van der Waals surface area contributed by atoms with E-state index in [0.717, 1.165) is 24.2 Å². The molecule has 2 aromatic rings. The number of carbonyl (C=O) groups excluding carboxylic acids is 1. The normalized spacial score (nSPS) is 23.8. The van der Waals surface area contributed by atoms with Gasteiger partial charge in [0, 0.05) is 24.5 Å². The Hall–Kier alpha value is -2.51. The average molecular weight is 329 g/mol. The van der Waals surface area contributed by atoms with Crippen LogP contribution < -0.4 is 0 Å². The number of aryl methyl sites for hydroxylation is 2. The topological polar surface area (TPSA) is 101 Å². The molecule has 3 heterocycles. The summed E-state index contributed by atoms with van der Waals surface area (Å²) in [4.78, 5) is 34.3. The van der Waals surface area contributed by atoms with Crippen molar-refractivity contribution >= 4 is 17.7 Å². The zero-order valence-corrected chi connectivity index (χ0v) is 13.6. The molecule has 2 atom stereocenters. The van der Waals surface area contributed by atoms with E-state index in [1.165, 1.54) is 0 Å². The van der Waals surface area contributed by atoms with Crippen molar-refractivity contribution < 1.29 is 14.7 Å². The van der Waals surface area contributed by atoms with Crippen LogP contribution in [0.2, 0.25) is 0 Å². The summed E-state index contributed by atoms with van der Waals surface area (Å²) < 4.78 is 1.54. The van der Waals surface area contributed by atoms with Crippen molar-refractivity contribution in [3.05, 3.63) is 23.3 Å². The summed E-state index contributed by atoms with van der Waals surface area (Å²) in [6.45, 7) is 4.45. The van der Waals surface area contributed by atoms with Gasteiger partial charge in [0.1, 0.15) is 0 Å². The molecular formula is C16H19N5O3. The van der Waals surface area contributed by atoms with Crippen LogP contribution in [0.25, 0.3) is 5.78 Å². The lowest BCUT2D eigenvalue weighted by Crippen LogP contribution is -2.30. The number of fused-ring (bicyclic) bond motifs is 1. The largest absolute Gasteiger partial charge is 0.481 e. The Balaban J connectivity index is 1.62. The van der Waals surface area contributed by atoms with Gasteiger partial charge in [0.25, 0.3) is 11.7 Å². The third-order valence-electron chi connectivity index (χ3n) is 5.01. The number of amides is 1. The van der Waals surface area contributed by atoms with E-state index in [-0.39, 0.29) is 24.2 Å². The van der Waals surface area contributed by atoms with Crippen molar-refractivity contribution in [2.75, 3.05) is 13.1 Å². The Morgan fingerprint density at radius 3 is 2.62 bits per heavy atom. The van der Waals surface area contributed by atoms with Crippen molar-refractivity contribution in [3.63, 3.8) is 0 Å². The minimum atomic E-state index is -0.821. The van der Waals surface area contributed by atoms with E-state index in [1.807, 2.05) is 19.9 Å². The number of aromatic nitrogens is 4. The van der Waals surface area contributed by atoms with Crippen LogP contribution in [0.5, 0.6) is 0 Å². The molecule has 2 aliphatic rings. The molecule has 0 spiro atoms. The number of hydrogen-bond donors (Lipinski definition) is 1. The molecule has 8 heteroatoms. The van der Waals surface area contributed by atoms with E-state index in [4.69, 9.17) is 0 Å². The van der Waals surface area contributed by atoms with Gasteiger partial charge in [-0.05, 0) is 44.6 Å². The van der Waals surface area contributed by atoms with Crippen LogP contribution in [0.4, 0.5) is 0 Å². The number of hydrogen-bond acceptors (Lipinski definition) is 5. The molecule has 1 aliphatic carbocycles. The van der Waals surface area contributed by atoms with Crippen LogP contribution in [0.3, 0.4) is 0 Å². The third kappa shape index (κ3) is 2.42. The van der Waals surface area contributed by atoms with Crippen molar-refractivity contribution in [3.8, 4) is 0 Å². The van der Waals surface area contributed by atoms with Gasteiger partial charge in [-0.1, -0.05) is 0 Å². The summed E-state index contributed by atoms with van der Waals surface area (Å²) in [5.41, 5.74) is 1.66. The first-order valence-electron chi connectivity index (χ1n) is 8.17. The minimum absolute atomic E-state index is 0.0468. The molecule has 2 fully saturated rings. The maximum atomic E-state index is 12.7. The predicted molar refractivity (Wildman–Crippen MR) is 83.5 cm³/mol. The number of carbonyl (C=O) groups is 2. The first kappa shape index (κ1) is 15.0. The first-order chi connectivity index (χ1) is 11.4. The Bertz CT molecular complexity index is 842. The van der Waals surface area contributed by atoms with Gasteiger partial charge >= 0.3 is 5.97 Å². The number of nitrogens with zero attached hydrogens (tertiary/aromatic N) is 5. The van der Waals surface area contributed by atoms with Gasteiger partial charge in [0.15, 0.2) is 0 Å². The van der Waals surface area contributed by atoms with Gasteiger partial charge < -0.3 is 10.0 Å². The van der Waals surface area contributed by atoms with E-state index in [9.17, 15) is 14.7 Å². The molecule has 1 saturated carbocycles. The second-order valence-electron chi connectivity index (χ2n) is 6.84. The number of likely N-dealkylation sites (tertiary alicyclic amines) is 1. The van der Waals surface area contributed by atoms with Gasteiger partial charge in [-0.2, -0.15) is 4.98 Å². The molecule has 1 saturated heterocycles. The lowest BCUT2D eigenvalue weighted by atomic mass is 9.92. The molecule has 0 unspecified atom stereocenters. The number of carboxylic acid groups (broad SMARTS) is 1. The van der Waals surface area contributed by atoms with Gasteiger partial charge in [0.2, 0.25) is 5.82 Å². The second-order valence-corrected chi connectivity index (χ2v) is 6.84. The summed E-state index contributed by atoms with van der Waals surface area (Å²) >= 11 is 0. The van der Waals surface area contributed by atoms with Crippen molar-refractivity contribution in [2.45, 2.75) is 26.7 Å². The van der Waals surface area contributed by atoms with E-state index in [2.05, 4.69) is 15.1 Å². The average Bonchev–Trinajstić information content (AvgIpc) is 3.11. The zero-order chi connectivity index (χ0) is 17.0. The van der Waals surface area contributed by atoms with Crippen LogP contribution in [0, 0.1) is 31.6 Å². The fourth-order valence-corrected chi connectivity index (χ4v) is 3.66. The van der Waals surface area contributed by atoms with Gasteiger partial charge in [0.05, 0.1) is 5.92 Å². The maximum absolute atomic E-state index is 12.7. The van der Waals surface area contributed by atoms with E-state index < -0.39 is 11.9 Å². The van der Waals surface area contributed by atoms with Crippen molar-refractivity contribution in [2.24, 2.45) is 17.8 Å². The quantitative estimate of drug-likeness (QED) is 0.899. The molecule has 0 radical (unpaired) electrons. The summed E-state index contributed by atoms with van der Waals surface area (Å²) in [5.74, 6) is -0.665. The molecule has 0 bridgehead atoms. The number of aliphatic carboxylic acids is 1. The Labute approximate surface area is 138 Å². The lowest BCUT2D eigenvalue weighted by Gasteiger charge is -2.13. The first-order valence-corrected chi connectivity index (χ1v) is 8.17. The molecule has 8 nitrogen and oxygen atoms in total. The fraction of sp³-hybridized carbons (Fsp3) is 0.562. The highest BCUT2D eigenvalue weighted by molar-refractivity contribution is 5.91. The fourth-order valence-electron chi connectivity index (χ4n) is 3.66. The Morgan fingerprint density at radius 2 is 1.96 bits per heavy atom. The number of rotatable bonds is 3. The van der Waals surface area contributed by atoms with Gasteiger partial charge in [-0.25, -0.2) is 9.50 Å². The van der Waals surface area contributed by atoms with Crippen LogP contribution in [-0.4, -0.2) is 54.6 Å². The summed E-state index contributed by atoms with van der Waals surface area (Å²) in [6.07, 6.45) is 2.12. The molecule has 24 heavy (non-hydrogen) atoms.